The predicted octanol–water partition coefficient (Wildman–Crippen LogP) is 0.295. The van der Waals surface area contributed by atoms with Crippen molar-refractivity contribution in [3.8, 4) is 5.88 Å². The van der Waals surface area contributed by atoms with Crippen LogP contribution in [0.5, 0.6) is 5.88 Å². The van der Waals surface area contributed by atoms with Gasteiger partial charge in [-0.25, -0.2) is 14.6 Å². The lowest BCUT2D eigenvalue weighted by molar-refractivity contribution is -0.134. The van der Waals surface area contributed by atoms with Gasteiger partial charge in [0.05, 0.1) is 7.11 Å². The summed E-state index contributed by atoms with van der Waals surface area (Å²) in [5.41, 5.74) is 0.857. The topological polar surface area (TPSA) is 89.3 Å². The van der Waals surface area contributed by atoms with Crippen LogP contribution in [0.1, 0.15) is 18.7 Å². The Labute approximate surface area is 140 Å². The minimum absolute atomic E-state index is 0.0443. The van der Waals surface area contributed by atoms with Gasteiger partial charge in [-0.05, 0) is 13.8 Å². The molecular formula is C15H21N7O2. The Morgan fingerprint density at radius 1 is 1.25 bits per heavy atom. The van der Waals surface area contributed by atoms with E-state index < -0.39 is 0 Å². The van der Waals surface area contributed by atoms with Gasteiger partial charge in [0, 0.05) is 37.9 Å². The van der Waals surface area contributed by atoms with Crippen molar-refractivity contribution in [2.24, 2.45) is 0 Å². The normalized spacial score (nSPS) is 16.1. The first-order valence-corrected chi connectivity index (χ1v) is 7.86. The molecule has 1 atom stereocenters. The van der Waals surface area contributed by atoms with Gasteiger partial charge in [-0.3, -0.25) is 4.79 Å². The number of amides is 1. The maximum absolute atomic E-state index is 12.6. The van der Waals surface area contributed by atoms with Gasteiger partial charge in [-0.1, -0.05) is 0 Å². The fraction of sp³-hybridized carbons (Fsp3) is 0.533. The van der Waals surface area contributed by atoms with Crippen LogP contribution in [0.15, 0.2) is 18.7 Å². The number of methoxy groups -OCH3 is 1. The molecule has 0 spiro atoms. The molecule has 2 aromatic heterocycles. The van der Waals surface area contributed by atoms with E-state index in [0.717, 1.165) is 5.69 Å². The summed E-state index contributed by atoms with van der Waals surface area (Å²) in [4.78, 5) is 29.2. The summed E-state index contributed by atoms with van der Waals surface area (Å²) in [5.74, 6) is 1.24. The standard InChI is InChI=1S/C15H21N7O2/c1-11-8-13(24-3)19-15(18-11)21-6-4-20(5-7-21)14(23)12(2)22-10-16-9-17-22/h8-10,12H,4-7H2,1-3H3/t12-/m0/s1. The number of carbonyl (C=O) groups excluding carboxylic acids is 1. The van der Waals surface area contributed by atoms with E-state index in [1.165, 1.54) is 6.33 Å². The molecule has 1 aliphatic rings. The van der Waals surface area contributed by atoms with Crippen molar-refractivity contribution in [2.45, 2.75) is 19.9 Å². The van der Waals surface area contributed by atoms with Gasteiger partial charge in [-0.15, -0.1) is 0 Å². The van der Waals surface area contributed by atoms with Crippen LogP contribution in [0.3, 0.4) is 0 Å². The zero-order chi connectivity index (χ0) is 17.1. The van der Waals surface area contributed by atoms with Gasteiger partial charge >= 0.3 is 0 Å². The van der Waals surface area contributed by atoms with Crippen LogP contribution < -0.4 is 9.64 Å². The molecular weight excluding hydrogens is 310 g/mol. The average Bonchev–Trinajstić information content (AvgIpc) is 3.14. The molecule has 9 nitrogen and oxygen atoms in total. The lowest BCUT2D eigenvalue weighted by atomic mass is 10.2. The second kappa shape index (κ2) is 6.81. The third-order valence-corrected chi connectivity index (χ3v) is 4.09. The Morgan fingerprint density at radius 2 is 2.00 bits per heavy atom. The lowest BCUT2D eigenvalue weighted by Crippen LogP contribution is -2.50. The maximum Gasteiger partial charge on any atom is 0.247 e. The largest absolute Gasteiger partial charge is 0.481 e. The summed E-state index contributed by atoms with van der Waals surface area (Å²) in [6.45, 7) is 6.35. The van der Waals surface area contributed by atoms with E-state index in [1.54, 1.807) is 24.2 Å². The highest BCUT2D eigenvalue weighted by Crippen LogP contribution is 2.18. The third kappa shape index (κ3) is 3.29. The predicted molar refractivity (Wildman–Crippen MR) is 86.8 cm³/mol. The number of piperazine rings is 1. The number of ether oxygens (including phenoxy) is 1. The molecule has 0 unspecified atom stereocenters. The molecule has 3 rings (SSSR count). The Morgan fingerprint density at radius 3 is 2.62 bits per heavy atom. The van der Waals surface area contributed by atoms with Crippen LogP contribution in [-0.2, 0) is 4.79 Å². The molecule has 9 heteroatoms. The number of aryl methyl sites for hydroxylation is 1. The first-order chi connectivity index (χ1) is 11.6. The molecule has 3 heterocycles. The van der Waals surface area contributed by atoms with Crippen LogP contribution in [0.25, 0.3) is 0 Å². The van der Waals surface area contributed by atoms with Crippen molar-refractivity contribution in [2.75, 3.05) is 38.2 Å². The molecule has 1 saturated heterocycles. The molecule has 128 valence electrons. The van der Waals surface area contributed by atoms with Gasteiger partial charge in [0.2, 0.25) is 17.7 Å². The lowest BCUT2D eigenvalue weighted by Gasteiger charge is -2.36. The number of nitrogens with zero attached hydrogens (tertiary/aromatic N) is 7. The maximum atomic E-state index is 12.6. The number of aromatic nitrogens is 5. The van der Waals surface area contributed by atoms with E-state index in [0.29, 0.717) is 38.0 Å². The van der Waals surface area contributed by atoms with Crippen LogP contribution in [0.2, 0.25) is 0 Å². The van der Waals surface area contributed by atoms with Crippen molar-refractivity contribution >= 4 is 11.9 Å². The van der Waals surface area contributed by atoms with Crippen molar-refractivity contribution in [1.82, 2.24) is 29.6 Å². The molecule has 24 heavy (non-hydrogen) atoms. The highest BCUT2D eigenvalue weighted by Gasteiger charge is 2.27. The van der Waals surface area contributed by atoms with Gasteiger partial charge in [0.15, 0.2) is 0 Å². The monoisotopic (exact) mass is 331 g/mol. The smallest absolute Gasteiger partial charge is 0.247 e. The number of hydrogen-bond donors (Lipinski definition) is 0. The van der Waals surface area contributed by atoms with E-state index >= 15 is 0 Å². The van der Waals surface area contributed by atoms with Crippen LogP contribution in [-0.4, -0.2) is 68.8 Å². The molecule has 0 aromatic carbocycles. The molecule has 0 aliphatic carbocycles. The van der Waals surface area contributed by atoms with Crippen LogP contribution in [0.4, 0.5) is 5.95 Å². The quantitative estimate of drug-likeness (QED) is 0.795. The molecule has 1 fully saturated rings. The van der Waals surface area contributed by atoms with Gasteiger partial charge < -0.3 is 14.5 Å². The van der Waals surface area contributed by atoms with E-state index in [1.807, 2.05) is 18.7 Å². The highest BCUT2D eigenvalue weighted by molar-refractivity contribution is 5.80. The third-order valence-electron chi connectivity index (χ3n) is 4.09. The molecule has 1 aliphatic heterocycles. The van der Waals surface area contributed by atoms with E-state index in [-0.39, 0.29) is 11.9 Å². The number of anilines is 1. The van der Waals surface area contributed by atoms with E-state index in [2.05, 4.69) is 25.0 Å². The Balaban J connectivity index is 1.63. The summed E-state index contributed by atoms with van der Waals surface area (Å²) in [6.07, 6.45) is 3.00. The van der Waals surface area contributed by atoms with Crippen molar-refractivity contribution in [3.05, 3.63) is 24.4 Å². The SMILES string of the molecule is COc1cc(C)nc(N2CCN(C(=O)[C@H](C)n3cncn3)CC2)n1. The van der Waals surface area contributed by atoms with Crippen LogP contribution >= 0.6 is 0 Å². The van der Waals surface area contributed by atoms with E-state index in [4.69, 9.17) is 4.74 Å². The van der Waals surface area contributed by atoms with Crippen LogP contribution in [0, 0.1) is 6.92 Å². The zero-order valence-electron chi connectivity index (χ0n) is 14.1. The van der Waals surface area contributed by atoms with Crippen molar-refractivity contribution in [1.29, 1.82) is 0 Å². The molecule has 0 radical (unpaired) electrons. The fourth-order valence-corrected chi connectivity index (χ4v) is 2.69. The summed E-state index contributed by atoms with van der Waals surface area (Å²) in [7, 11) is 1.59. The minimum atomic E-state index is -0.352. The molecule has 2 aromatic rings. The molecule has 1 amide bonds. The second-order valence-electron chi connectivity index (χ2n) is 5.72. The zero-order valence-corrected chi connectivity index (χ0v) is 14.1. The number of rotatable bonds is 4. The molecule has 0 bridgehead atoms. The number of hydrogen-bond acceptors (Lipinski definition) is 7. The fourth-order valence-electron chi connectivity index (χ4n) is 2.69. The Bertz CT molecular complexity index is 696. The summed E-state index contributed by atoms with van der Waals surface area (Å²) < 4.78 is 6.77. The second-order valence-corrected chi connectivity index (χ2v) is 5.72. The first-order valence-electron chi connectivity index (χ1n) is 7.86. The average molecular weight is 331 g/mol. The summed E-state index contributed by atoms with van der Waals surface area (Å²) in [6, 6.07) is 1.44. The molecule has 0 saturated carbocycles. The van der Waals surface area contributed by atoms with Crippen molar-refractivity contribution in [3.63, 3.8) is 0 Å². The summed E-state index contributed by atoms with van der Waals surface area (Å²) >= 11 is 0. The Hall–Kier alpha value is -2.71. The Kier molecular flexibility index (Phi) is 4.59. The van der Waals surface area contributed by atoms with Gasteiger partial charge in [-0.2, -0.15) is 10.1 Å². The molecule has 0 N–H and O–H groups in total. The summed E-state index contributed by atoms with van der Waals surface area (Å²) in [5, 5.41) is 4.04. The van der Waals surface area contributed by atoms with E-state index in [9.17, 15) is 4.79 Å². The first kappa shape index (κ1) is 16.2. The minimum Gasteiger partial charge on any atom is -0.481 e. The van der Waals surface area contributed by atoms with Gasteiger partial charge in [0.25, 0.3) is 0 Å². The number of carbonyl (C=O) groups is 1. The van der Waals surface area contributed by atoms with Gasteiger partial charge in [0.1, 0.15) is 18.7 Å². The van der Waals surface area contributed by atoms with Crippen molar-refractivity contribution < 1.29 is 9.53 Å². The highest BCUT2D eigenvalue weighted by atomic mass is 16.5.